The zero-order chi connectivity index (χ0) is 24.0. The molecule has 0 bridgehead atoms. The van der Waals surface area contributed by atoms with Crippen LogP contribution >= 0.6 is 0 Å². The van der Waals surface area contributed by atoms with Crippen molar-refractivity contribution in [3.63, 3.8) is 0 Å². The number of nitrogens with zero attached hydrogens (tertiary/aromatic N) is 4. The Balaban J connectivity index is 1.64. The lowest BCUT2D eigenvalue weighted by molar-refractivity contribution is -0.169. The molecule has 2 saturated heterocycles. The normalized spacial score (nSPS) is 17.8. The maximum atomic E-state index is 13.4. The third-order valence-corrected chi connectivity index (χ3v) is 6.00. The highest BCUT2D eigenvalue weighted by atomic mass is 16.7. The molecule has 2 aromatic rings. The molecule has 0 aliphatic carbocycles. The van der Waals surface area contributed by atoms with Crippen molar-refractivity contribution < 1.29 is 19.0 Å². The fourth-order valence-corrected chi connectivity index (χ4v) is 4.21. The van der Waals surface area contributed by atoms with Gasteiger partial charge in [0.1, 0.15) is 23.1 Å². The molecule has 2 aromatic heterocycles. The Morgan fingerprint density at radius 2 is 2.09 bits per heavy atom. The van der Waals surface area contributed by atoms with Crippen LogP contribution < -0.4 is 15.8 Å². The zero-order valence-corrected chi connectivity index (χ0v) is 19.3. The highest BCUT2D eigenvalue weighted by Crippen LogP contribution is 2.33. The average molecular weight is 468 g/mol. The van der Waals surface area contributed by atoms with Crippen LogP contribution in [0.1, 0.15) is 31.7 Å². The summed E-state index contributed by atoms with van der Waals surface area (Å²) in [5.41, 5.74) is 0.204. The van der Waals surface area contributed by atoms with E-state index in [1.807, 2.05) is 24.0 Å². The van der Waals surface area contributed by atoms with Gasteiger partial charge in [0.05, 0.1) is 18.8 Å². The van der Waals surface area contributed by atoms with Gasteiger partial charge in [-0.25, -0.2) is 4.98 Å². The number of anilines is 1. The lowest BCUT2D eigenvalue weighted by Gasteiger charge is -2.38. The summed E-state index contributed by atoms with van der Waals surface area (Å²) in [6.45, 7) is 5.70. The predicted octanol–water partition coefficient (Wildman–Crippen LogP) is 1.49. The Morgan fingerprint density at radius 3 is 2.79 bits per heavy atom. The van der Waals surface area contributed by atoms with Crippen molar-refractivity contribution in [2.24, 2.45) is 0 Å². The number of fused-ring (bicyclic) bond motifs is 1. The molecule has 4 rings (SSSR count). The Kier molecular flexibility index (Phi) is 7.57. The van der Waals surface area contributed by atoms with Crippen LogP contribution in [0.15, 0.2) is 34.8 Å². The number of piperidine rings is 1. The zero-order valence-electron chi connectivity index (χ0n) is 19.3. The van der Waals surface area contributed by atoms with E-state index in [9.17, 15) is 14.9 Å². The number of carbonyl (C=O) groups excluding carboxylic acids is 1. The van der Waals surface area contributed by atoms with Crippen LogP contribution in [0.5, 0.6) is 0 Å². The topological polar surface area (TPSA) is 118 Å². The second-order valence-electron chi connectivity index (χ2n) is 8.15. The smallest absolute Gasteiger partial charge is 0.267 e. The van der Waals surface area contributed by atoms with E-state index < -0.39 is 11.7 Å². The van der Waals surface area contributed by atoms with Gasteiger partial charge in [0.25, 0.3) is 11.5 Å². The second kappa shape index (κ2) is 10.8. The van der Waals surface area contributed by atoms with Gasteiger partial charge in [0, 0.05) is 51.9 Å². The Hall–Kier alpha value is -3.26. The van der Waals surface area contributed by atoms with Crippen molar-refractivity contribution >= 4 is 23.4 Å². The lowest BCUT2D eigenvalue weighted by atomic mass is 10.0. The van der Waals surface area contributed by atoms with Gasteiger partial charge >= 0.3 is 0 Å². The molecule has 2 fully saturated rings. The van der Waals surface area contributed by atoms with Crippen LogP contribution in [0, 0.1) is 11.3 Å². The molecule has 0 saturated carbocycles. The first-order valence-electron chi connectivity index (χ1n) is 11.6. The summed E-state index contributed by atoms with van der Waals surface area (Å²) in [7, 11) is 0. The molecule has 1 N–H and O–H groups in total. The molecule has 2 aliphatic rings. The summed E-state index contributed by atoms with van der Waals surface area (Å²) in [6.07, 6.45) is 4.87. The van der Waals surface area contributed by atoms with Gasteiger partial charge in [-0.2, -0.15) is 5.26 Å². The number of carbonyl (C=O) groups is 1. The number of hydrogen-bond donors (Lipinski definition) is 1. The van der Waals surface area contributed by atoms with Gasteiger partial charge in [-0.05, 0) is 31.6 Å². The number of hydrogen-bond acceptors (Lipinski definition) is 8. The summed E-state index contributed by atoms with van der Waals surface area (Å²) in [5, 5.41) is 12.4. The maximum Gasteiger partial charge on any atom is 0.267 e. The molecule has 0 aromatic carbocycles. The van der Waals surface area contributed by atoms with E-state index in [4.69, 9.17) is 19.2 Å². The van der Waals surface area contributed by atoms with Crippen molar-refractivity contribution in [1.29, 1.82) is 5.26 Å². The maximum absolute atomic E-state index is 13.4. The molecule has 1 spiro atoms. The molecule has 4 heterocycles. The van der Waals surface area contributed by atoms with Crippen LogP contribution in [-0.4, -0.2) is 67.1 Å². The number of nitrogens with one attached hydrogen (secondary N) is 1. The summed E-state index contributed by atoms with van der Waals surface area (Å²) >= 11 is 0. The Labute approximate surface area is 197 Å². The molecule has 0 radical (unpaired) electrons. The molecular formula is C24H29N5O5. The van der Waals surface area contributed by atoms with E-state index in [1.165, 1.54) is 10.5 Å². The molecule has 10 heteroatoms. The third-order valence-electron chi connectivity index (χ3n) is 6.00. The van der Waals surface area contributed by atoms with Gasteiger partial charge in [0.2, 0.25) is 0 Å². The van der Waals surface area contributed by atoms with Crippen molar-refractivity contribution in [3.05, 3.63) is 45.9 Å². The van der Waals surface area contributed by atoms with Crippen LogP contribution in [0.4, 0.5) is 5.82 Å². The summed E-state index contributed by atoms with van der Waals surface area (Å²) < 4.78 is 18.3. The summed E-state index contributed by atoms with van der Waals surface area (Å²) in [6, 6.07) is 7.23. The number of nitriles is 1. The quantitative estimate of drug-likeness (QED) is 0.352. The van der Waals surface area contributed by atoms with E-state index in [1.54, 1.807) is 18.3 Å². The standard InChI is InChI=1S/C24H29N5O5/c1-2-32-13-5-9-26-22(30)18(17-25)16-19-21(27-20-6-3-4-10-29(20)23(19)31)28-11-7-24(8-12-28)33-14-15-34-24/h3-4,6,10,16H,2,5,7-9,11-15H2,1H3,(H,26,30). The lowest BCUT2D eigenvalue weighted by Crippen LogP contribution is -2.46. The number of ether oxygens (including phenoxy) is 3. The van der Waals surface area contributed by atoms with Crippen LogP contribution in [0.3, 0.4) is 0 Å². The van der Waals surface area contributed by atoms with Crippen LogP contribution in [-0.2, 0) is 19.0 Å². The van der Waals surface area contributed by atoms with Crippen molar-refractivity contribution in [2.75, 3.05) is 51.0 Å². The molecule has 1 amide bonds. The molecule has 10 nitrogen and oxygen atoms in total. The summed E-state index contributed by atoms with van der Waals surface area (Å²) in [4.78, 5) is 32.7. The van der Waals surface area contributed by atoms with Gasteiger partial charge in [0.15, 0.2) is 5.79 Å². The van der Waals surface area contributed by atoms with Crippen molar-refractivity contribution in [1.82, 2.24) is 14.7 Å². The Morgan fingerprint density at radius 1 is 1.32 bits per heavy atom. The van der Waals surface area contributed by atoms with Crippen LogP contribution in [0.25, 0.3) is 11.7 Å². The van der Waals surface area contributed by atoms with Crippen LogP contribution in [0.2, 0.25) is 0 Å². The first-order valence-corrected chi connectivity index (χ1v) is 11.6. The monoisotopic (exact) mass is 467 g/mol. The minimum Gasteiger partial charge on any atom is -0.382 e. The summed E-state index contributed by atoms with van der Waals surface area (Å²) in [5.74, 6) is -0.661. The van der Waals surface area contributed by atoms with Gasteiger partial charge in [-0.3, -0.25) is 14.0 Å². The van der Waals surface area contributed by atoms with Gasteiger partial charge < -0.3 is 24.4 Å². The number of rotatable bonds is 8. The average Bonchev–Trinajstić information content (AvgIpc) is 3.31. The SMILES string of the molecule is CCOCCCNC(=O)C(C#N)=Cc1c(N2CCC3(CC2)OCCO3)nc2ccccn2c1=O. The minimum absolute atomic E-state index is 0.150. The number of amides is 1. The first-order chi connectivity index (χ1) is 16.6. The molecular weight excluding hydrogens is 438 g/mol. The van der Waals surface area contributed by atoms with E-state index >= 15 is 0 Å². The fraction of sp³-hybridized carbons (Fsp3) is 0.500. The molecule has 0 atom stereocenters. The van der Waals surface area contributed by atoms with Gasteiger partial charge in [-0.1, -0.05) is 6.07 Å². The van der Waals surface area contributed by atoms with E-state index in [0.717, 1.165) is 0 Å². The minimum atomic E-state index is -0.572. The van der Waals surface area contributed by atoms with Gasteiger partial charge in [-0.15, -0.1) is 0 Å². The second-order valence-corrected chi connectivity index (χ2v) is 8.15. The highest BCUT2D eigenvalue weighted by Gasteiger charge is 2.40. The highest BCUT2D eigenvalue weighted by molar-refractivity contribution is 6.02. The fourth-order valence-electron chi connectivity index (χ4n) is 4.21. The van der Waals surface area contributed by atoms with Crippen molar-refractivity contribution in [3.8, 4) is 6.07 Å². The molecule has 2 aliphatic heterocycles. The van der Waals surface area contributed by atoms with Crippen molar-refractivity contribution in [2.45, 2.75) is 32.0 Å². The first kappa shape index (κ1) is 23.9. The number of aromatic nitrogens is 2. The largest absolute Gasteiger partial charge is 0.382 e. The Bertz CT molecular complexity index is 1150. The van der Waals surface area contributed by atoms with E-state index in [-0.39, 0.29) is 16.7 Å². The van der Waals surface area contributed by atoms with E-state index in [2.05, 4.69) is 5.32 Å². The predicted molar refractivity (Wildman–Crippen MR) is 125 cm³/mol. The molecule has 34 heavy (non-hydrogen) atoms. The molecule has 0 unspecified atom stereocenters. The number of pyridine rings is 1. The van der Waals surface area contributed by atoms with E-state index in [0.29, 0.717) is 76.8 Å². The molecule has 180 valence electrons. The third kappa shape index (κ3) is 5.12.